The number of nitrogens with one attached hydrogen (secondary N) is 1. The largest absolute Gasteiger partial charge is 0.480 e. The van der Waals surface area contributed by atoms with Gasteiger partial charge in [-0.05, 0) is 5.92 Å². The Kier molecular flexibility index (Phi) is 4.57. The Bertz CT molecular complexity index is 358. The molecular formula is C12H21N3O3S. The van der Waals surface area contributed by atoms with Crippen molar-refractivity contribution in [3.63, 3.8) is 0 Å². The molecule has 2 fully saturated rings. The van der Waals surface area contributed by atoms with E-state index in [0.717, 1.165) is 13.1 Å². The average molecular weight is 287 g/mol. The summed E-state index contributed by atoms with van der Waals surface area (Å²) in [6.07, 6.45) is 0. The van der Waals surface area contributed by atoms with Crippen LogP contribution in [-0.4, -0.2) is 70.3 Å². The quantitative estimate of drug-likeness (QED) is 0.773. The van der Waals surface area contributed by atoms with Gasteiger partial charge in [0.25, 0.3) is 0 Å². The minimum atomic E-state index is -0.904. The van der Waals surface area contributed by atoms with Gasteiger partial charge in [-0.25, -0.2) is 9.59 Å². The second-order valence-corrected chi connectivity index (χ2v) is 6.40. The fourth-order valence-electron chi connectivity index (χ4n) is 2.49. The lowest BCUT2D eigenvalue weighted by Gasteiger charge is -2.36. The number of carbonyl (C=O) groups is 2. The molecule has 2 unspecified atom stereocenters. The molecule has 2 aliphatic heterocycles. The summed E-state index contributed by atoms with van der Waals surface area (Å²) in [5, 5.41) is 12.4. The van der Waals surface area contributed by atoms with E-state index in [1.807, 2.05) is 13.8 Å². The van der Waals surface area contributed by atoms with Crippen LogP contribution in [0.3, 0.4) is 0 Å². The van der Waals surface area contributed by atoms with Crippen molar-refractivity contribution in [3.05, 3.63) is 0 Å². The van der Waals surface area contributed by atoms with E-state index in [1.165, 1.54) is 0 Å². The second kappa shape index (κ2) is 6.00. The lowest BCUT2D eigenvalue weighted by Crippen LogP contribution is -2.56. The molecule has 0 aromatic heterocycles. The molecule has 2 saturated heterocycles. The smallest absolute Gasteiger partial charge is 0.327 e. The lowest BCUT2D eigenvalue weighted by atomic mass is 10.1. The zero-order chi connectivity index (χ0) is 14.0. The third-order valence-electron chi connectivity index (χ3n) is 3.50. The molecule has 19 heavy (non-hydrogen) atoms. The highest BCUT2D eigenvalue weighted by Gasteiger charge is 2.44. The summed E-state index contributed by atoms with van der Waals surface area (Å²) < 4.78 is 0. The summed E-state index contributed by atoms with van der Waals surface area (Å²) in [5.74, 6) is -0.170. The average Bonchev–Trinajstić information content (AvgIpc) is 2.83. The minimum Gasteiger partial charge on any atom is -0.480 e. The Labute approximate surface area is 117 Å². The molecule has 7 heteroatoms. The van der Waals surface area contributed by atoms with Crippen LogP contribution in [0.4, 0.5) is 4.79 Å². The Hall–Kier alpha value is -0.950. The molecule has 2 N–H and O–H groups in total. The highest BCUT2D eigenvalue weighted by atomic mass is 32.2. The van der Waals surface area contributed by atoms with Crippen molar-refractivity contribution in [2.45, 2.75) is 25.3 Å². The molecule has 108 valence electrons. The van der Waals surface area contributed by atoms with Crippen molar-refractivity contribution in [1.82, 2.24) is 15.1 Å². The monoisotopic (exact) mass is 287 g/mol. The van der Waals surface area contributed by atoms with E-state index in [2.05, 4.69) is 5.32 Å². The Morgan fingerprint density at radius 1 is 1.32 bits per heavy atom. The number of carboxylic acids is 1. The molecule has 0 saturated carbocycles. The molecule has 2 heterocycles. The van der Waals surface area contributed by atoms with Gasteiger partial charge in [0, 0.05) is 31.9 Å². The normalized spacial score (nSPS) is 27.9. The summed E-state index contributed by atoms with van der Waals surface area (Å²) in [4.78, 5) is 27.2. The van der Waals surface area contributed by atoms with Gasteiger partial charge in [-0.15, -0.1) is 11.8 Å². The second-order valence-electron chi connectivity index (χ2n) is 5.25. The number of rotatable bonds is 2. The zero-order valence-electron chi connectivity index (χ0n) is 11.3. The molecule has 0 bridgehead atoms. The first kappa shape index (κ1) is 14.5. The van der Waals surface area contributed by atoms with Crippen LogP contribution in [0.25, 0.3) is 0 Å². The SMILES string of the molecule is CC(C)C1SCC(C(=O)O)N1C(=O)N1CCNCC1. The first-order valence-corrected chi connectivity index (χ1v) is 7.69. The number of aliphatic carboxylic acids is 1. The molecule has 2 amide bonds. The van der Waals surface area contributed by atoms with E-state index in [4.69, 9.17) is 0 Å². The predicted octanol–water partition coefficient (Wildman–Crippen LogP) is 0.496. The summed E-state index contributed by atoms with van der Waals surface area (Å²) >= 11 is 1.57. The fraction of sp³-hybridized carbons (Fsp3) is 0.833. The Morgan fingerprint density at radius 3 is 2.47 bits per heavy atom. The topological polar surface area (TPSA) is 72.9 Å². The fourth-order valence-corrected chi connectivity index (χ4v) is 3.96. The van der Waals surface area contributed by atoms with Crippen LogP contribution in [0.1, 0.15) is 13.8 Å². The van der Waals surface area contributed by atoms with Gasteiger partial charge in [-0.2, -0.15) is 0 Å². The van der Waals surface area contributed by atoms with Crippen LogP contribution in [0, 0.1) is 5.92 Å². The summed E-state index contributed by atoms with van der Waals surface area (Å²) in [5.41, 5.74) is 0. The number of amides is 2. The first-order chi connectivity index (χ1) is 9.02. The third kappa shape index (κ3) is 2.97. The molecule has 0 radical (unpaired) electrons. The number of carboxylic acid groups (broad SMARTS) is 1. The minimum absolute atomic E-state index is 0.0384. The summed E-state index contributed by atoms with van der Waals surface area (Å²) in [7, 11) is 0. The van der Waals surface area contributed by atoms with Crippen molar-refractivity contribution < 1.29 is 14.7 Å². The molecular weight excluding hydrogens is 266 g/mol. The van der Waals surface area contributed by atoms with Gasteiger partial charge < -0.3 is 15.3 Å². The van der Waals surface area contributed by atoms with Crippen molar-refractivity contribution in [2.24, 2.45) is 5.92 Å². The van der Waals surface area contributed by atoms with Crippen LogP contribution in [0.5, 0.6) is 0 Å². The van der Waals surface area contributed by atoms with Gasteiger partial charge in [0.1, 0.15) is 6.04 Å². The maximum Gasteiger partial charge on any atom is 0.327 e. The first-order valence-electron chi connectivity index (χ1n) is 6.64. The van der Waals surface area contributed by atoms with Crippen LogP contribution in [0.15, 0.2) is 0 Å². The van der Waals surface area contributed by atoms with E-state index in [1.54, 1.807) is 21.6 Å². The van der Waals surface area contributed by atoms with E-state index in [0.29, 0.717) is 18.8 Å². The van der Waals surface area contributed by atoms with Crippen molar-refractivity contribution >= 4 is 23.8 Å². The van der Waals surface area contributed by atoms with Crippen LogP contribution in [-0.2, 0) is 4.79 Å². The number of nitrogens with zero attached hydrogens (tertiary/aromatic N) is 2. The highest BCUT2D eigenvalue weighted by Crippen LogP contribution is 2.34. The van der Waals surface area contributed by atoms with Gasteiger partial charge >= 0.3 is 12.0 Å². The van der Waals surface area contributed by atoms with Gasteiger partial charge in [0.15, 0.2) is 0 Å². The third-order valence-corrected chi connectivity index (χ3v) is 5.12. The zero-order valence-corrected chi connectivity index (χ0v) is 12.2. The van der Waals surface area contributed by atoms with Gasteiger partial charge in [-0.1, -0.05) is 13.8 Å². The molecule has 0 spiro atoms. The number of urea groups is 1. The van der Waals surface area contributed by atoms with Crippen LogP contribution >= 0.6 is 11.8 Å². The lowest BCUT2D eigenvalue weighted by molar-refractivity contribution is -0.141. The molecule has 0 aliphatic carbocycles. The van der Waals surface area contributed by atoms with Gasteiger partial charge in [-0.3, -0.25) is 4.90 Å². The molecule has 6 nitrogen and oxygen atoms in total. The van der Waals surface area contributed by atoms with Crippen molar-refractivity contribution in [1.29, 1.82) is 0 Å². The van der Waals surface area contributed by atoms with E-state index >= 15 is 0 Å². The molecule has 0 aromatic rings. The number of hydrogen-bond acceptors (Lipinski definition) is 4. The van der Waals surface area contributed by atoms with E-state index in [-0.39, 0.29) is 17.3 Å². The Balaban J connectivity index is 2.15. The maximum atomic E-state index is 12.6. The van der Waals surface area contributed by atoms with Gasteiger partial charge in [0.05, 0.1) is 5.37 Å². The van der Waals surface area contributed by atoms with Crippen LogP contribution < -0.4 is 5.32 Å². The summed E-state index contributed by atoms with van der Waals surface area (Å²) in [6, 6.07) is -0.822. The van der Waals surface area contributed by atoms with E-state index < -0.39 is 12.0 Å². The molecule has 2 rings (SSSR count). The number of piperazine rings is 1. The number of thioether (sulfide) groups is 1. The van der Waals surface area contributed by atoms with Crippen molar-refractivity contribution in [3.8, 4) is 0 Å². The van der Waals surface area contributed by atoms with E-state index in [9.17, 15) is 14.7 Å². The van der Waals surface area contributed by atoms with Gasteiger partial charge in [0.2, 0.25) is 0 Å². The van der Waals surface area contributed by atoms with Crippen LogP contribution in [0.2, 0.25) is 0 Å². The Morgan fingerprint density at radius 2 is 1.95 bits per heavy atom. The molecule has 2 atom stereocenters. The number of hydrogen-bond donors (Lipinski definition) is 2. The van der Waals surface area contributed by atoms with Crippen molar-refractivity contribution in [2.75, 3.05) is 31.9 Å². The predicted molar refractivity (Wildman–Crippen MR) is 74.2 cm³/mol. The maximum absolute atomic E-state index is 12.6. The molecule has 0 aromatic carbocycles. The summed E-state index contributed by atoms with van der Waals surface area (Å²) in [6.45, 7) is 6.90. The highest BCUT2D eigenvalue weighted by molar-refractivity contribution is 8.00. The molecule has 2 aliphatic rings. The standard InChI is InChI=1S/C12H21N3O3S/c1-8(2)10-15(9(7-19-10)11(16)17)12(18)14-5-3-13-4-6-14/h8-10,13H,3-7H2,1-2H3,(H,16,17). The number of carbonyl (C=O) groups excluding carboxylic acids is 1.